The van der Waals surface area contributed by atoms with Gasteiger partial charge >= 0.3 is 5.97 Å². The second-order valence-corrected chi connectivity index (χ2v) is 7.79. The van der Waals surface area contributed by atoms with Gasteiger partial charge in [-0.3, -0.25) is 4.57 Å². The maximum absolute atomic E-state index is 13.0. The first kappa shape index (κ1) is 17.8. The lowest BCUT2D eigenvalue weighted by molar-refractivity contribution is -0.143. The number of fused-ring (bicyclic) bond motifs is 3. The van der Waals surface area contributed by atoms with Crippen LogP contribution in [0.1, 0.15) is 32.4 Å². The van der Waals surface area contributed by atoms with Gasteiger partial charge in [0.25, 0.3) is 0 Å². The van der Waals surface area contributed by atoms with Crippen LogP contribution in [0.3, 0.4) is 0 Å². The molecule has 0 fully saturated rings. The normalized spacial score (nSPS) is 16.4. The number of halogens is 1. The topological polar surface area (TPSA) is 56.2 Å². The van der Waals surface area contributed by atoms with Crippen molar-refractivity contribution in [3.05, 3.63) is 69.8 Å². The number of benzene rings is 2. The van der Waals surface area contributed by atoms with Gasteiger partial charge in [0.1, 0.15) is 0 Å². The Morgan fingerprint density at radius 3 is 2.74 bits per heavy atom. The van der Waals surface area contributed by atoms with Gasteiger partial charge in [0.2, 0.25) is 5.95 Å². The molecule has 4 rings (SSSR count). The number of allylic oxidation sites excluding steroid dienone is 1. The number of nitrogens with one attached hydrogen (secondary N) is 1. The second kappa shape index (κ2) is 6.85. The molecule has 0 saturated heterocycles. The van der Waals surface area contributed by atoms with Crippen molar-refractivity contribution in [1.82, 2.24) is 9.55 Å². The number of rotatable bonds is 3. The first-order valence-electron chi connectivity index (χ1n) is 8.87. The Hall–Kier alpha value is -2.60. The minimum atomic E-state index is -0.322. The van der Waals surface area contributed by atoms with Crippen molar-refractivity contribution in [2.75, 3.05) is 5.32 Å². The number of ether oxygens (including phenoxy) is 1. The molecule has 0 amide bonds. The number of para-hydroxylation sites is 2. The van der Waals surface area contributed by atoms with Crippen LogP contribution in [0.2, 0.25) is 0 Å². The van der Waals surface area contributed by atoms with Crippen LogP contribution >= 0.6 is 15.9 Å². The first-order valence-corrected chi connectivity index (χ1v) is 9.66. The lowest BCUT2D eigenvalue weighted by Crippen LogP contribution is -2.30. The quantitative estimate of drug-likeness (QED) is 0.597. The summed E-state index contributed by atoms with van der Waals surface area (Å²) in [6.07, 6.45) is -0.193. The third-order valence-corrected chi connectivity index (χ3v) is 5.05. The van der Waals surface area contributed by atoms with Gasteiger partial charge in [0.15, 0.2) is 0 Å². The van der Waals surface area contributed by atoms with Crippen LogP contribution in [0.4, 0.5) is 5.95 Å². The summed E-state index contributed by atoms with van der Waals surface area (Å²) < 4.78 is 8.59. The van der Waals surface area contributed by atoms with Crippen molar-refractivity contribution in [3.63, 3.8) is 0 Å². The van der Waals surface area contributed by atoms with Gasteiger partial charge in [-0.05, 0) is 50.6 Å². The van der Waals surface area contributed by atoms with Gasteiger partial charge in [-0.2, -0.15) is 0 Å². The summed E-state index contributed by atoms with van der Waals surface area (Å²) in [7, 11) is 0. The molecule has 138 valence electrons. The average molecular weight is 426 g/mol. The van der Waals surface area contributed by atoms with Gasteiger partial charge in [-0.1, -0.05) is 40.2 Å². The Morgan fingerprint density at radius 1 is 1.22 bits per heavy atom. The van der Waals surface area contributed by atoms with Crippen molar-refractivity contribution >= 4 is 38.9 Å². The number of anilines is 1. The highest BCUT2D eigenvalue weighted by Crippen LogP contribution is 2.40. The number of aromatic nitrogens is 2. The summed E-state index contributed by atoms with van der Waals surface area (Å²) >= 11 is 3.55. The molecule has 1 atom stereocenters. The molecule has 1 N–H and O–H groups in total. The molecule has 2 aromatic carbocycles. The van der Waals surface area contributed by atoms with E-state index in [1.165, 1.54) is 0 Å². The van der Waals surface area contributed by atoms with E-state index in [4.69, 9.17) is 9.72 Å². The molecular formula is C21H20BrN3O2. The van der Waals surface area contributed by atoms with Gasteiger partial charge in [0, 0.05) is 10.2 Å². The van der Waals surface area contributed by atoms with Crippen LogP contribution < -0.4 is 5.32 Å². The summed E-state index contributed by atoms with van der Waals surface area (Å²) in [5.41, 5.74) is 4.19. The highest BCUT2D eigenvalue weighted by atomic mass is 79.9. The maximum atomic E-state index is 13.0. The average Bonchev–Trinajstić information content (AvgIpc) is 2.97. The molecule has 0 bridgehead atoms. The molecule has 0 radical (unpaired) electrons. The molecule has 1 aromatic heterocycles. The molecule has 0 spiro atoms. The van der Waals surface area contributed by atoms with Crippen molar-refractivity contribution in [1.29, 1.82) is 0 Å². The zero-order valence-electron chi connectivity index (χ0n) is 15.4. The standard InChI is InChI=1S/C21H20BrN3O2/c1-12(2)27-20(26)18-13(3)23-21-24-16-9-4-5-10-17(16)25(21)19(18)14-7-6-8-15(22)11-14/h4-12,19H,1-3H3,(H,23,24)/t19-/m1/s1. The summed E-state index contributed by atoms with van der Waals surface area (Å²) in [4.78, 5) is 17.7. The van der Waals surface area contributed by atoms with Crippen LogP contribution in [-0.2, 0) is 9.53 Å². The van der Waals surface area contributed by atoms with Crippen molar-refractivity contribution < 1.29 is 9.53 Å². The molecule has 5 nitrogen and oxygen atoms in total. The monoisotopic (exact) mass is 425 g/mol. The predicted octanol–water partition coefficient (Wildman–Crippen LogP) is 5.04. The Balaban J connectivity index is 1.97. The minimum Gasteiger partial charge on any atom is -0.459 e. The lowest BCUT2D eigenvalue weighted by Gasteiger charge is -2.30. The minimum absolute atomic E-state index is 0.193. The number of esters is 1. The van der Waals surface area contributed by atoms with E-state index in [0.717, 1.165) is 32.7 Å². The maximum Gasteiger partial charge on any atom is 0.338 e. The number of carbonyl (C=O) groups excluding carboxylic acids is 1. The zero-order chi connectivity index (χ0) is 19.1. The second-order valence-electron chi connectivity index (χ2n) is 6.87. The van der Waals surface area contributed by atoms with Crippen molar-refractivity contribution in [2.24, 2.45) is 0 Å². The van der Waals surface area contributed by atoms with E-state index < -0.39 is 0 Å². The van der Waals surface area contributed by atoms with Gasteiger partial charge in [0.05, 0.1) is 28.8 Å². The number of hydrogen-bond donors (Lipinski definition) is 1. The first-order chi connectivity index (χ1) is 13.0. The number of hydrogen-bond acceptors (Lipinski definition) is 4. The van der Waals surface area contributed by atoms with E-state index in [1.54, 1.807) is 0 Å². The fraction of sp³-hybridized carbons (Fsp3) is 0.238. The van der Waals surface area contributed by atoms with Crippen LogP contribution in [0.15, 0.2) is 64.3 Å². The molecule has 1 aliphatic rings. The van der Waals surface area contributed by atoms with E-state index in [1.807, 2.05) is 69.3 Å². The van der Waals surface area contributed by atoms with E-state index in [9.17, 15) is 4.79 Å². The van der Waals surface area contributed by atoms with E-state index >= 15 is 0 Å². The van der Waals surface area contributed by atoms with Gasteiger partial charge < -0.3 is 10.1 Å². The van der Waals surface area contributed by atoms with Gasteiger partial charge in [-0.25, -0.2) is 9.78 Å². The number of imidazole rings is 1. The highest BCUT2D eigenvalue weighted by Gasteiger charge is 2.35. The predicted molar refractivity (Wildman–Crippen MR) is 110 cm³/mol. The fourth-order valence-corrected chi connectivity index (χ4v) is 3.91. The number of carbonyl (C=O) groups is 1. The smallest absolute Gasteiger partial charge is 0.338 e. The molecule has 3 aromatic rings. The van der Waals surface area contributed by atoms with Gasteiger partial charge in [-0.15, -0.1) is 0 Å². The molecule has 6 heteroatoms. The summed E-state index contributed by atoms with van der Waals surface area (Å²) in [6, 6.07) is 15.6. The third-order valence-electron chi connectivity index (χ3n) is 4.56. The largest absolute Gasteiger partial charge is 0.459 e. The molecule has 2 heterocycles. The molecule has 0 unspecified atom stereocenters. The van der Waals surface area contributed by atoms with Crippen LogP contribution in [0.25, 0.3) is 11.0 Å². The lowest BCUT2D eigenvalue weighted by atomic mass is 9.95. The summed E-state index contributed by atoms with van der Waals surface area (Å²) in [5.74, 6) is 0.406. The molecule has 0 saturated carbocycles. The van der Waals surface area contributed by atoms with Crippen LogP contribution in [-0.4, -0.2) is 21.6 Å². The van der Waals surface area contributed by atoms with Crippen LogP contribution in [0, 0.1) is 0 Å². The van der Waals surface area contributed by atoms with Crippen molar-refractivity contribution in [2.45, 2.75) is 32.9 Å². The Labute approximate surface area is 166 Å². The van der Waals surface area contributed by atoms with E-state index in [2.05, 4.69) is 25.8 Å². The highest BCUT2D eigenvalue weighted by molar-refractivity contribution is 9.10. The third kappa shape index (κ3) is 3.14. The summed E-state index contributed by atoms with van der Waals surface area (Å²) in [6.45, 7) is 5.61. The Bertz CT molecular complexity index is 1070. The Morgan fingerprint density at radius 2 is 2.00 bits per heavy atom. The SMILES string of the molecule is CC1=C(C(=O)OC(C)C)[C@@H](c2cccc(Br)c2)n2c(nc3ccccc32)N1. The molecule has 27 heavy (non-hydrogen) atoms. The number of nitrogens with zero attached hydrogens (tertiary/aromatic N) is 2. The zero-order valence-corrected chi connectivity index (χ0v) is 16.9. The van der Waals surface area contributed by atoms with Crippen molar-refractivity contribution in [3.8, 4) is 0 Å². The fourth-order valence-electron chi connectivity index (χ4n) is 3.50. The van der Waals surface area contributed by atoms with Crippen LogP contribution in [0.5, 0.6) is 0 Å². The summed E-state index contributed by atoms with van der Waals surface area (Å²) in [5, 5.41) is 3.29. The molecular weight excluding hydrogens is 406 g/mol. The molecule has 1 aliphatic heterocycles. The Kier molecular flexibility index (Phi) is 4.52. The molecule has 0 aliphatic carbocycles. The van der Waals surface area contributed by atoms with E-state index in [-0.39, 0.29) is 18.1 Å². The van der Waals surface area contributed by atoms with E-state index in [0.29, 0.717) is 5.57 Å².